The molecule has 0 N–H and O–H groups in total. The minimum atomic E-state index is -0.397. The zero-order valence-electron chi connectivity index (χ0n) is 16.0. The van der Waals surface area contributed by atoms with Crippen molar-refractivity contribution in [2.24, 2.45) is 0 Å². The highest BCUT2D eigenvalue weighted by atomic mass is 16.5. The van der Waals surface area contributed by atoms with Gasteiger partial charge in [-0.2, -0.15) is 0 Å². The second kappa shape index (κ2) is 12.0. The molecule has 2 aromatic rings. The molecule has 0 spiro atoms. The van der Waals surface area contributed by atoms with Gasteiger partial charge in [-0.1, -0.05) is 49.4 Å². The van der Waals surface area contributed by atoms with Gasteiger partial charge in [-0.25, -0.2) is 0 Å². The minimum Gasteiger partial charge on any atom is -0.497 e. The summed E-state index contributed by atoms with van der Waals surface area (Å²) in [5.74, 6) is 1.20. The molecule has 0 saturated heterocycles. The molecule has 1 atom stereocenters. The fraction of sp³-hybridized carbons (Fsp3) is 0.364. The Labute approximate surface area is 156 Å². The Morgan fingerprint density at radius 1 is 0.962 bits per heavy atom. The molecule has 2 rings (SSSR count). The van der Waals surface area contributed by atoms with Gasteiger partial charge in [0.05, 0.1) is 7.11 Å². The Morgan fingerprint density at radius 3 is 2.04 bits per heavy atom. The Bertz CT molecular complexity index is 662. The van der Waals surface area contributed by atoms with Gasteiger partial charge in [0, 0.05) is 20.0 Å². The first kappa shape index (κ1) is 21.6. The predicted molar refractivity (Wildman–Crippen MR) is 103 cm³/mol. The second-order valence-electron chi connectivity index (χ2n) is 5.90. The van der Waals surface area contributed by atoms with Crippen LogP contribution in [-0.4, -0.2) is 25.8 Å². The van der Waals surface area contributed by atoms with Gasteiger partial charge in [-0.15, -0.1) is 0 Å². The Balaban J connectivity index is 0.000000260. The molecule has 1 unspecified atom stereocenters. The van der Waals surface area contributed by atoms with E-state index >= 15 is 0 Å². The van der Waals surface area contributed by atoms with E-state index in [2.05, 4.69) is 0 Å². The van der Waals surface area contributed by atoms with Crippen LogP contribution in [0, 0.1) is 0 Å². The molecule has 0 aliphatic heterocycles. The van der Waals surface area contributed by atoms with Gasteiger partial charge in [0.25, 0.3) is 0 Å². The largest absolute Gasteiger partial charge is 0.497 e. The average molecular weight is 356 g/mol. The minimum absolute atomic E-state index is 0.119. The molecule has 0 radical (unpaired) electrons. The number of carbonyl (C=O) groups is 2. The number of ether oxygens (including phenoxy) is 2. The lowest BCUT2D eigenvalue weighted by atomic mass is 10.0. The monoisotopic (exact) mass is 356 g/mol. The Kier molecular flexibility index (Phi) is 9.95. The van der Waals surface area contributed by atoms with Gasteiger partial charge in [0.15, 0.2) is 5.78 Å². The van der Waals surface area contributed by atoms with Crippen LogP contribution in [0.4, 0.5) is 0 Å². The van der Waals surface area contributed by atoms with Gasteiger partial charge < -0.3 is 14.3 Å². The molecule has 4 nitrogen and oxygen atoms in total. The highest BCUT2D eigenvalue weighted by Crippen LogP contribution is 2.18. The topological polar surface area (TPSA) is 52.6 Å². The van der Waals surface area contributed by atoms with Gasteiger partial charge in [0.1, 0.15) is 17.6 Å². The first-order chi connectivity index (χ1) is 12.5. The number of hydrogen-bond donors (Lipinski definition) is 0. The van der Waals surface area contributed by atoms with E-state index in [1.54, 1.807) is 21.1 Å². The highest BCUT2D eigenvalue weighted by molar-refractivity contribution is 5.84. The summed E-state index contributed by atoms with van der Waals surface area (Å²) >= 11 is 0. The Hall–Kier alpha value is -2.46. The molecule has 0 fully saturated rings. The van der Waals surface area contributed by atoms with E-state index in [0.29, 0.717) is 12.8 Å². The lowest BCUT2D eigenvalue weighted by molar-refractivity contribution is -0.128. The Morgan fingerprint density at radius 2 is 1.58 bits per heavy atom. The van der Waals surface area contributed by atoms with Crippen LogP contribution in [0.2, 0.25) is 0 Å². The summed E-state index contributed by atoms with van der Waals surface area (Å²) in [7, 11) is 3.20. The van der Waals surface area contributed by atoms with Crippen LogP contribution < -0.4 is 4.74 Å². The fourth-order valence-corrected chi connectivity index (χ4v) is 2.38. The van der Waals surface area contributed by atoms with Crippen molar-refractivity contribution in [3.63, 3.8) is 0 Å². The van der Waals surface area contributed by atoms with E-state index in [0.717, 1.165) is 17.7 Å². The molecule has 0 aromatic heterocycles. The van der Waals surface area contributed by atoms with Crippen LogP contribution in [0.1, 0.15) is 43.9 Å². The lowest BCUT2D eigenvalue weighted by Crippen LogP contribution is -2.13. The summed E-state index contributed by atoms with van der Waals surface area (Å²) in [5, 5.41) is 0. The van der Waals surface area contributed by atoms with Crippen molar-refractivity contribution < 1.29 is 19.1 Å². The predicted octanol–water partition coefficient (Wildman–Crippen LogP) is 4.57. The van der Waals surface area contributed by atoms with Crippen molar-refractivity contribution in [3.8, 4) is 5.75 Å². The van der Waals surface area contributed by atoms with Crippen molar-refractivity contribution in [3.05, 3.63) is 65.7 Å². The summed E-state index contributed by atoms with van der Waals surface area (Å²) in [4.78, 5) is 22.1. The maximum atomic E-state index is 11.4. The normalized spacial score (nSPS) is 11.1. The van der Waals surface area contributed by atoms with E-state index in [-0.39, 0.29) is 11.6 Å². The third-order valence-corrected chi connectivity index (χ3v) is 3.90. The molecule has 0 aliphatic rings. The van der Waals surface area contributed by atoms with Gasteiger partial charge in [-0.05, 0) is 36.6 Å². The second-order valence-corrected chi connectivity index (χ2v) is 5.90. The molecule has 0 amide bonds. The lowest BCUT2D eigenvalue weighted by Gasteiger charge is -2.12. The van der Waals surface area contributed by atoms with E-state index in [1.807, 2.05) is 61.5 Å². The molecule has 140 valence electrons. The molecular weight excluding hydrogens is 328 g/mol. The van der Waals surface area contributed by atoms with Crippen LogP contribution in [-0.2, 0) is 20.7 Å². The third kappa shape index (κ3) is 7.62. The molecular formula is C22H28O4. The van der Waals surface area contributed by atoms with Crippen LogP contribution in [0.5, 0.6) is 5.75 Å². The van der Waals surface area contributed by atoms with Gasteiger partial charge >= 0.3 is 0 Å². The summed E-state index contributed by atoms with van der Waals surface area (Å²) < 4.78 is 10.2. The van der Waals surface area contributed by atoms with Crippen LogP contribution >= 0.6 is 0 Å². The number of ketones is 2. The smallest absolute Gasteiger partial charge is 0.165 e. The van der Waals surface area contributed by atoms with E-state index in [1.165, 1.54) is 5.56 Å². The molecule has 0 aliphatic carbocycles. The summed E-state index contributed by atoms with van der Waals surface area (Å²) in [6.45, 7) is 3.46. The molecule has 26 heavy (non-hydrogen) atoms. The molecule has 0 bridgehead atoms. The number of Topliss-reactive ketones (excluding diaryl/α,β-unsaturated/α-hetero) is 2. The van der Waals surface area contributed by atoms with Crippen LogP contribution in [0.3, 0.4) is 0 Å². The number of rotatable bonds is 8. The van der Waals surface area contributed by atoms with E-state index < -0.39 is 6.10 Å². The zero-order chi connectivity index (χ0) is 19.4. The molecule has 0 saturated carbocycles. The van der Waals surface area contributed by atoms with Gasteiger partial charge in [0.2, 0.25) is 0 Å². The van der Waals surface area contributed by atoms with Gasteiger partial charge in [-0.3, -0.25) is 4.79 Å². The quantitative estimate of drug-likeness (QED) is 0.695. The van der Waals surface area contributed by atoms with Crippen molar-refractivity contribution in [1.82, 2.24) is 0 Å². The maximum Gasteiger partial charge on any atom is 0.165 e. The summed E-state index contributed by atoms with van der Waals surface area (Å²) in [5.41, 5.74) is 2.10. The standard InChI is InChI=1S/2C11H14O2/c1-9(12)3-4-10-5-7-11(13-2)8-6-10;1-3-10(12)11(13-2)9-7-5-4-6-8-9/h5-8H,3-4H2,1-2H3;4-8,11H,3H2,1-2H3. The number of benzene rings is 2. The van der Waals surface area contributed by atoms with Crippen LogP contribution in [0.15, 0.2) is 54.6 Å². The number of hydrogen-bond acceptors (Lipinski definition) is 4. The van der Waals surface area contributed by atoms with Crippen molar-refractivity contribution >= 4 is 11.6 Å². The number of methoxy groups -OCH3 is 2. The summed E-state index contributed by atoms with van der Waals surface area (Å²) in [6.07, 6.45) is 1.55. The highest BCUT2D eigenvalue weighted by Gasteiger charge is 2.16. The van der Waals surface area contributed by atoms with Crippen molar-refractivity contribution in [2.75, 3.05) is 14.2 Å². The van der Waals surface area contributed by atoms with Crippen molar-refractivity contribution in [2.45, 2.75) is 39.2 Å². The number of carbonyl (C=O) groups excluding carboxylic acids is 2. The summed E-state index contributed by atoms with van der Waals surface area (Å²) in [6, 6.07) is 17.3. The number of aryl methyl sites for hydroxylation is 1. The van der Waals surface area contributed by atoms with E-state index in [9.17, 15) is 9.59 Å². The first-order valence-corrected chi connectivity index (χ1v) is 8.74. The van der Waals surface area contributed by atoms with Crippen LogP contribution in [0.25, 0.3) is 0 Å². The SMILES string of the molecule is CCC(=O)C(OC)c1ccccc1.COc1ccc(CCC(C)=O)cc1. The van der Waals surface area contributed by atoms with Crippen molar-refractivity contribution in [1.29, 1.82) is 0 Å². The third-order valence-electron chi connectivity index (χ3n) is 3.90. The zero-order valence-corrected chi connectivity index (χ0v) is 16.0. The fourth-order valence-electron chi connectivity index (χ4n) is 2.38. The molecule has 4 heteroatoms. The van der Waals surface area contributed by atoms with E-state index in [4.69, 9.17) is 9.47 Å². The molecule has 0 heterocycles. The first-order valence-electron chi connectivity index (χ1n) is 8.74. The molecule has 2 aromatic carbocycles. The average Bonchev–Trinajstić information content (AvgIpc) is 2.68. The maximum absolute atomic E-state index is 11.4.